The first-order valence-corrected chi connectivity index (χ1v) is 8.27. The van der Waals surface area contributed by atoms with Gasteiger partial charge in [-0.1, -0.05) is 17.7 Å². The maximum atomic E-state index is 12.1. The van der Waals surface area contributed by atoms with Crippen LogP contribution in [0.1, 0.15) is 11.1 Å². The highest BCUT2D eigenvalue weighted by molar-refractivity contribution is 7.89. The van der Waals surface area contributed by atoms with Crippen LogP contribution in [0.5, 0.6) is 11.5 Å². The number of hydrogen-bond acceptors (Lipinski definition) is 5. The molecule has 23 heavy (non-hydrogen) atoms. The van der Waals surface area contributed by atoms with Crippen molar-refractivity contribution in [1.82, 2.24) is 4.83 Å². The van der Waals surface area contributed by atoms with E-state index in [1.54, 1.807) is 30.3 Å². The lowest BCUT2D eigenvalue weighted by Gasteiger charge is -2.06. The number of aryl methyl sites for hydroxylation is 1. The van der Waals surface area contributed by atoms with Crippen LogP contribution in [0, 0.1) is 6.92 Å². The first-order chi connectivity index (χ1) is 10.9. The average molecular weight is 334 g/mol. The fourth-order valence-corrected chi connectivity index (χ4v) is 2.64. The number of methoxy groups -OCH3 is 2. The van der Waals surface area contributed by atoms with Crippen molar-refractivity contribution in [3.05, 3.63) is 53.6 Å². The van der Waals surface area contributed by atoms with Gasteiger partial charge >= 0.3 is 0 Å². The number of sulfonamides is 1. The summed E-state index contributed by atoms with van der Waals surface area (Å²) in [4.78, 5) is 2.33. The van der Waals surface area contributed by atoms with Gasteiger partial charge in [0.05, 0.1) is 25.3 Å². The molecule has 0 atom stereocenters. The van der Waals surface area contributed by atoms with Gasteiger partial charge in [-0.15, -0.1) is 0 Å². The molecule has 0 bridgehead atoms. The Labute approximate surface area is 135 Å². The summed E-state index contributed by atoms with van der Waals surface area (Å²) in [7, 11) is -0.614. The van der Waals surface area contributed by atoms with E-state index in [4.69, 9.17) is 9.47 Å². The summed E-state index contributed by atoms with van der Waals surface area (Å²) in [6.45, 7) is 1.89. The summed E-state index contributed by atoms with van der Waals surface area (Å²) in [6.07, 6.45) is 1.39. The van der Waals surface area contributed by atoms with Crippen molar-refractivity contribution >= 4 is 16.2 Å². The highest BCUT2D eigenvalue weighted by atomic mass is 32.2. The average Bonchev–Trinajstić information content (AvgIpc) is 2.54. The number of ether oxygens (including phenoxy) is 2. The highest BCUT2D eigenvalue weighted by Crippen LogP contribution is 2.21. The lowest BCUT2D eigenvalue weighted by molar-refractivity contribution is 0.394. The molecule has 0 aliphatic carbocycles. The van der Waals surface area contributed by atoms with E-state index in [1.807, 2.05) is 6.92 Å². The van der Waals surface area contributed by atoms with Gasteiger partial charge in [-0.05, 0) is 31.2 Å². The van der Waals surface area contributed by atoms with Crippen LogP contribution in [-0.2, 0) is 10.0 Å². The molecule has 2 aromatic carbocycles. The fourth-order valence-electron chi connectivity index (χ4n) is 1.84. The third kappa shape index (κ3) is 4.46. The molecule has 0 aliphatic rings. The predicted octanol–water partition coefficient (Wildman–Crippen LogP) is 2.32. The normalized spacial score (nSPS) is 11.4. The van der Waals surface area contributed by atoms with Gasteiger partial charge in [0.15, 0.2) is 0 Å². The Morgan fingerprint density at radius 3 is 2.09 bits per heavy atom. The molecule has 0 fully saturated rings. The molecule has 1 N–H and O–H groups in total. The van der Waals surface area contributed by atoms with Crippen LogP contribution in [0.2, 0.25) is 0 Å². The summed E-state index contributed by atoms with van der Waals surface area (Å²) in [5.74, 6) is 1.18. The third-order valence-electron chi connectivity index (χ3n) is 3.09. The molecule has 0 saturated carbocycles. The number of benzene rings is 2. The number of hydrazone groups is 1. The molecule has 7 heteroatoms. The standard InChI is InChI=1S/C16H18N2O4S/c1-12-4-6-16(7-5-12)23(19,20)18-17-11-13-8-14(21-2)10-15(9-13)22-3/h4-11,18H,1-3H3. The maximum Gasteiger partial charge on any atom is 0.276 e. The quantitative estimate of drug-likeness (QED) is 0.650. The van der Waals surface area contributed by atoms with Crippen molar-refractivity contribution in [2.45, 2.75) is 11.8 Å². The Kier molecular flexibility index (Phi) is 5.23. The fraction of sp³-hybridized carbons (Fsp3) is 0.188. The Bertz CT molecular complexity index is 777. The van der Waals surface area contributed by atoms with Gasteiger partial charge in [-0.25, -0.2) is 4.83 Å². The second kappa shape index (κ2) is 7.15. The minimum absolute atomic E-state index is 0.156. The van der Waals surface area contributed by atoms with Gasteiger partial charge in [0.2, 0.25) is 0 Å². The van der Waals surface area contributed by atoms with Crippen LogP contribution in [-0.4, -0.2) is 28.9 Å². The monoisotopic (exact) mass is 334 g/mol. The second-order valence-corrected chi connectivity index (χ2v) is 6.47. The lowest BCUT2D eigenvalue weighted by atomic mass is 10.2. The van der Waals surface area contributed by atoms with Gasteiger partial charge < -0.3 is 9.47 Å². The molecule has 0 radical (unpaired) electrons. The zero-order valence-corrected chi connectivity index (χ0v) is 13.9. The zero-order chi connectivity index (χ0) is 16.9. The summed E-state index contributed by atoms with van der Waals surface area (Å²) in [5.41, 5.74) is 1.63. The molecule has 0 amide bonds. The summed E-state index contributed by atoms with van der Waals surface area (Å²) >= 11 is 0. The first-order valence-electron chi connectivity index (χ1n) is 6.79. The number of nitrogens with zero attached hydrogens (tertiary/aromatic N) is 1. The number of hydrogen-bond donors (Lipinski definition) is 1. The summed E-state index contributed by atoms with van der Waals surface area (Å²) in [6, 6.07) is 11.7. The van der Waals surface area contributed by atoms with Crippen LogP contribution >= 0.6 is 0 Å². The smallest absolute Gasteiger partial charge is 0.276 e. The minimum Gasteiger partial charge on any atom is -0.497 e. The van der Waals surface area contributed by atoms with Gasteiger partial charge in [-0.3, -0.25) is 0 Å². The third-order valence-corrected chi connectivity index (χ3v) is 4.33. The zero-order valence-electron chi connectivity index (χ0n) is 13.1. The largest absolute Gasteiger partial charge is 0.497 e. The molecule has 6 nitrogen and oxygen atoms in total. The number of nitrogens with one attached hydrogen (secondary N) is 1. The van der Waals surface area contributed by atoms with Crippen LogP contribution < -0.4 is 14.3 Å². The van der Waals surface area contributed by atoms with Gasteiger partial charge in [0.25, 0.3) is 10.0 Å². The van der Waals surface area contributed by atoms with Crippen LogP contribution in [0.4, 0.5) is 0 Å². The minimum atomic E-state index is -3.69. The van der Waals surface area contributed by atoms with Crippen molar-refractivity contribution in [2.75, 3.05) is 14.2 Å². The molecule has 0 spiro atoms. The van der Waals surface area contributed by atoms with E-state index in [0.717, 1.165) is 5.56 Å². The Balaban J connectivity index is 2.16. The Morgan fingerprint density at radius 1 is 1.00 bits per heavy atom. The van der Waals surface area contributed by atoms with Crippen molar-refractivity contribution in [3.63, 3.8) is 0 Å². The van der Waals surface area contributed by atoms with Crippen molar-refractivity contribution in [3.8, 4) is 11.5 Å². The Hall–Kier alpha value is -2.54. The van der Waals surface area contributed by atoms with Crippen LogP contribution in [0.15, 0.2) is 52.5 Å². The highest BCUT2D eigenvalue weighted by Gasteiger charge is 2.11. The van der Waals surface area contributed by atoms with Crippen molar-refractivity contribution in [2.24, 2.45) is 5.10 Å². The van der Waals surface area contributed by atoms with Crippen LogP contribution in [0.3, 0.4) is 0 Å². The first kappa shape index (κ1) is 16.8. The molecular formula is C16H18N2O4S. The molecule has 0 heterocycles. The predicted molar refractivity (Wildman–Crippen MR) is 88.6 cm³/mol. The summed E-state index contributed by atoms with van der Waals surface area (Å²) in [5, 5.41) is 3.79. The molecule has 0 saturated heterocycles. The van der Waals surface area contributed by atoms with Gasteiger partial charge in [0.1, 0.15) is 11.5 Å². The molecular weight excluding hydrogens is 316 g/mol. The summed E-state index contributed by atoms with van der Waals surface area (Å²) < 4.78 is 34.5. The van der Waals surface area contributed by atoms with E-state index in [2.05, 4.69) is 9.93 Å². The number of rotatable bonds is 6. The molecule has 0 aliphatic heterocycles. The molecule has 0 aromatic heterocycles. The second-order valence-electron chi connectivity index (χ2n) is 4.81. The lowest BCUT2D eigenvalue weighted by Crippen LogP contribution is -2.18. The SMILES string of the molecule is COc1cc(C=NNS(=O)(=O)c2ccc(C)cc2)cc(OC)c1. The van der Waals surface area contributed by atoms with E-state index in [-0.39, 0.29) is 4.90 Å². The molecule has 122 valence electrons. The topological polar surface area (TPSA) is 77.0 Å². The molecule has 2 aromatic rings. The van der Waals surface area contributed by atoms with Gasteiger partial charge in [-0.2, -0.15) is 13.5 Å². The van der Waals surface area contributed by atoms with E-state index < -0.39 is 10.0 Å². The molecule has 2 rings (SSSR count). The van der Waals surface area contributed by atoms with Crippen LogP contribution in [0.25, 0.3) is 0 Å². The maximum absolute atomic E-state index is 12.1. The van der Waals surface area contributed by atoms with E-state index in [1.165, 1.54) is 32.6 Å². The van der Waals surface area contributed by atoms with E-state index >= 15 is 0 Å². The van der Waals surface area contributed by atoms with Crippen molar-refractivity contribution in [1.29, 1.82) is 0 Å². The van der Waals surface area contributed by atoms with Crippen molar-refractivity contribution < 1.29 is 17.9 Å². The van der Waals surface area contributed by atoms with Gasteiger partial charge in [0, 0.05) is 11.6 Å². The van der Waals surface area contributed by atoms with E-state index in [0.29, 0.717) is 17.1 Å². The Morgan fingerprint density at radius 2 is 1.57 bits per heavy atom. The van der Waals surface area contributed by atoms with E-state index in [9.17, 15) is 8.42 Å². The molecule has 0 unspecified atom stereocenters.